The van der Waals surface area contributed by atoms with Gasteiger partial charge in [0.2, 0.25) is 0 Å². The first-order chi connectivity index (χ1) is 10.6. The van der Waals surface area contributed by atoms with E-state index in [0.717, 1.165) is 12.1 Å². The molecule has 0 spiro atoms. The fraction of sp³-hybridized carbons (Fsp3) is 0.143. The second kappa shape index (κ2) is 5.80. The summed E-state index contributed by atoms with van der Waals surface area (Å²) in [5.74, 6) is -1.61. The zero-order valence-electron chi connectivity index (χ0n) is 11.4. The molecular formula is C14H10F2N2O3S. The Bertz CT molecular complexity index is 805. The molecule has 3 aromatic rings. The van der Waals surface area contributed by atoms with Gasteiger partial charge in [0, 0.05) is 12.1 Å². The highest BCUT2D eigenvalue weighted by atomic mass is 32.2. The van der Waals surface area contributed by atoms with Crippen LogP contribution in [-0.2, 0) is 10.5 Å². The number of hydrogen-bond donors (Lipinski definition) is 1. The Labute approximate surface area is 127 Å². The molecule has 0 fully saturated rings. The van der Waals surface area contributed by atoms with E-state index >= 15 is 0 Å². The highest BCUT2D eigenvalue weighted by molar-refractivity contribution is 7.98. The molecule has 0 atom stereocenters. The summed E-state index contributed by atoms with van der Waals surface area (Å²) in [5, 5.41) is 0.465. The Kier molecular flexibility index (Phi) is 3.84. The van der Waals surface area contributed by atoms with Gasteiger partial charge in [-0.2, -0.15) is 0 Å². The molecule has 1 N–H and O–H groups in total. The van der Waals surface area contributed by atoms with E-state index in [1.165, 1.54) is 31.2 Å². The minimum atomic E-state index is -0.949. The number of halogens is 2. The molecule has 1 aromatic carbocycles. The number of H-pyrrole nitrogens is 1. The molecule has 0 saturated carbocycles. The molecule has 2 heterocycles. The van der Waals surface area contributed by atoms with Gasteiger partial charge in [-0.05, 0) is 6.07 Å². The highest BCUT2D eigenvalue weighted by Crippen LogP contribution is 2.26. The quantitative estimate of drug-likeness (QED) is 0.587. The van der Waals surface area contributed by atoms with Crippen molar-refractivity contribution < 1.29 is 22.7 Å². The first kappa shape index (κ1) is 14.6. The molecule has 114 valence electrons. The maximum Gasteiger partial charge on any atom is 0.341 e. The zero-order valence-corrected chi connectivity index (χ0v) is 12.2. The van der Waals surface area contributed by atoms with Crippen LogP contribution in [0, 0.1) is 11.6 Å². The van der Waals surface area contributed by atoms with E-state index < -0.39 is 17.6 Å². The number of rotatable bonds is 4. The van der Waals surface area contributed by atoms with Crippen LogP contribution >= 0.6 is 11.8 Å². The number of hydrogen-bond acceptors (Lipinski definition) is 5. The SMILES string of the molecule is COC(=O)c1ccoc1CSc1nc2cc(F)c(F)cc2[nH]1. The molecule has 0 radical (unpaired) electrons. The second-order valence-corrected chi connectivity index (χ2v) is 5.33. The molecule has 0 bridgehead atoms. The van der Waals surface area contributed by atoms with Gasteiger partial charge in [-0.3, -0.25) is 0 Å². The van der Waals surface area contributed by atoms with Crippen LogP contribution in [0.25, 0.3) is 11.0 Å². The summed E-state index contributed by atoms with van der Waals surface area (Å²) >= 11 is 1.24. The third-order valence-corrected chi connectivity index (χ3v) is 3.87. The summed E-state index contributed by atoms with van der Waals surface area (Å²) < 4.78 is 36.2. The molecule has 2 aromatic heterocycles. The van der Waals surface area contributed by atoms with Crippen LogP contribution in [-0.4, -0.2) is 23.0 Å². The molecule has 5 nitrogen and oxygen atoms in total. The number of esters is 1. The van der Waals surface area contributed by atoms with Gasteiger partial charge < -0.3 is 14.1 Å². The lowest BCUT2D eigenvalue weighted by Gasteiger charge is -1.99. The number of imidazole rings is 1. The number of nitrogens with zero attached hydrogens (tertiary/aromatic N) is 1. The van der Waals surface area contributed by atoms with Crippen LogP contribution in [0.15, 0.2) is 34.0 Å². The average molecular weight is 324 g/mol. The Morgan fingerprint density at radius 1 is 1.41 bits per heavy atom. The first-order valence-electron chi connectivity index (χ1n) is 6.20. The van der Waals surface area contributed by atoms with Crippen LogP contribution in [0.5, 0.6) is 0 Å². The number of carbonyl (C=O) groups is 1. The van der Waals surface area contributed by atoms with Crippen LogP contribution in [0.3, 0.4) is 0 Å². The maximum absolute atomic E-state index is 13.2. The summed E-state index contributed by atoms with van der Waals surface area (Å²) in [6.07, 6.45) is 1.39. The van der Waals surface area contributed by atoms with Crippen LogP contribution in [0.4, 0.5) is 8.78 Å². The Balaban J connectivity index is 1.80. The largest absolute Gasteiger partial charge is 0.468 e. The monoisotopic (exact) mass is 324 g/mol. The number of carbonyl (C=O) groups excluding carboxylic acids is 1. The lowest BCUT2D eigenvalue weighted by molar-refractivity contribution is 0.0598. The predicted molar refractivity (Wildman–Crippen MR) is 75.6 cm³/mol. The zero-order chi connectivity index (χ0) is 15.7. The molecule has 0 aliphatic carbocycles. The number of aromatic nitrogens is 2. The first-order valence-corrected chi connectivity index (χ1v) is 7.19. The van der Waals surface area contributed by atoms with Gasteiger partial charge in [-0.1, -0.05) is 11.8 Å². The maximum atomic E-state index is 13.2. The smallest absolute Gasteiger partial charge is 0.341 e. The second-order valence-electron chi connectivity index (χ2n) is 4.36. The molecule has 0 aliphatic rings. The van der Waals surface area contributed by atoms with E-state index in [1.54, 1.807) is 0 Å². The van der Waals surface area contributed by atoms with Crippen molar-refractivity contribution in [2.75, 3.05) is 7.11 Å². The van der Waals surface area contributed by atoms with Gasteiger partial charge in [0.05, 0.1) is 30.2 Å². The van der Waals surface area contributed by atoms with Crippen molar-refractivity contribution in [3.63, 3.8) is 0 Å². The molecule has 0 aliphatic heterocycles. The van der Waals surface area contributed by atoms with Gasteiger partial charge in [0.25, 0.3) is 0 Å². The Morgan fingerprint density at radius 2 is 2.18 bits per heavy atom. The van der Waals surface area contributed by atoms with Gasteiger partial charge in [0.15, 0.2) is 16.8 Å². The van der Waals surface area contributed by atoms with E-state index in [1.807, 2.05) is 0 Å². The standard InChI is InChI=1S/C14H10F2N2O3S/c1-20-13(19)7-2-3-21-12(7)6-22-14-17-10-4-8(15)9(16)5-11(10)18-14/h2-5H,6H2,1H3,(H,17,18). The van der Waals surface area contributed by atoms with Crippen LogP contribution in [0.1, 0.15) is 16.1 Å². The third kappa shape index (κ3) is 2.69. The van der Waals surface area contributed by atoms with Gasteiger partial charge in [0.1, 0.15) is 11.3 Å². The molecule has 22 heavy (non-hydrogen) atoms. The fourth-order valence-electron chi connectivity index (χ4n) is 1.93. The van der Waals surface area contributed by atoms with E-state index in [0.29, 0.717) is 33.3 Å². The number of benzene rings is 1. The topological polar surface area (TPSA) is 68.1 Å². The van der Waals surface area contributed by atoms with E-state index in [4.69, 9.17) is 4.42 Å². The lowest BCUT2D eigenvalue weighted by atomic mass is 10.3. The van der Waals surface area contributed by atoms with Crippen molar-refractivity contribution in [2.45, 2.75) is 10.9 Å². The average Bonchev–Trinajstić information content (AvgIpc) is 3.11. The normalized spacial score (nSPS) is 11.0. The summed E-state index contributed by atoms with van der Waals surface area (Å²) in [6, 6.07) is 3.59. The van der Waals surface area contributed by atoms with Crippen molar-refractivity contribution in [1.29, 1.82) is 0 Å². The number of furan rings is 1. The minimum Gasteiger partial charge on any atom is -0.468 e. The molecule has 0 unspecified atom stereocenters. The Morgan fingerprint density at radius 3 is 2.95 bits per heavy atom. The number of methoxy groups -OCH3 is 1. The molecular weight excluding hydrogens is 314 g/mol. The molecule has 0 saturated heterocycles. The minimum absolute atomic E-state index is 0.322. The van der Waals surface area contributed by atoms with Crippen LogP contribution in [0.2, 0.25) is 0 Å². The number of thioether (sulfide) groups is 1. The van der Waals surface area contributed by atoms with Gasteiger partial charge >= 0.3 is 5.97 Å². The summed E-state index contributed by atoms with van der Waals surface area (Å²) in [5.41, 5.74) is 1.06. The predicted octanol–water partition coefficient (Wildman–Crippen LogP) is 3.51. The van der Waals surface area contributed by atoms with Gasteiger partial charge in [-0.25, -0.2) is 18.6 Å². The Hall–Kier alpha value is -2.35. The van der Waals surface area contributed by atoms with Crippen molar-refractivity contribution in [3.05, 3.63) is 47.4 Å². The summed E-state index contributed by atoms with van der Waals surface area (Å²) in [4.78, 5) is 18.6. The fourth-order valence-corrected chi connectivity index (χ4v) is 2.76. The highest BCUT2D eigenvalue weighted by Gasteiger charge is 2.16. The number of fused-ring (bicyclic) bond motifs is 1. The summed E-state index contributed by atoms with van der Waals surface area (Å²) in [6.45, 7) is 0. The number of ether oxygens (including phenoxy) is 1. The van der Waals surface area contributed by atoms with Crippen molar-refractivity contribution in [2.24, 2.45) is 0 Å². The van der Waals surface area contributed by atoms with Crippen molar-refractivity contribution in [1.82, 2.24) is 9.97 Å². The third-order valence-electron chi connectivity index (χ3n) is 2.99. The molecule has 0 amide bonds. The van der Waals surface area contributed by atoms with Crippen LogP contribution < -0.4 is 0 Å². The van der Waals surface area contributed by atoms with E-state index in [-0.39, 0.29) is 0 Å². The van der Waals surface area contributed by atoms with E-state index in [9.17, 15) is 13.6 Å². The number of nitrogens with one attached hydrogen (secondary N) is 1. The number of aromatic amines is 1. The van der Waals surface area contributed by atoms with Crippen molar-refractivity contribution in [3.8, 4) is 0 Å². The van der Waals surface area contributed by atoms with E-state index in [2.05, 4.69) is 14.7 Å². The lowest BCUT2D eigenvalue weighted by Crippen LogP contribution is -2.02. The molecule has 3 rings (SSSR count). The molecule has 8 heteroatoms. The van der Waals surface area contributed by atoms with Gasteiger partial charge in [-0.15, -0.1) is 0 Å². The summed E-state index contributed by atoms with van der Waals surface area (Å²) in [7, 11) is 1.29. The van der Waals surface area contributed by atoms with Crippen molar-refractivity contribution >= 4 is 28.8 Å².